The second kappa shape index (κ2) is 11.2. The van der Waals surface area contributed by atoms with Crippen molar-refractivity contribution < 1.29 is 23.6 Å². The predicted molar refractivity (Wildman–Crippen MR) is 169 cm³/mol. The lowest BCUT2D eigenvalue weighted by molar-refractivity contribution is -0.135. The Hall–Kier alpha value is -2.89. The quantitative estimate of drug-likeness (QED) is 0.473. The Kier molecular flexibility index (Phi) is 7.90. The Morgan fingerprint density at radius 3 is 2.48 bits per heavy atom. The summed E-state index contributed by atoms with van der Waals surface area (Å²) in [6.45, 7) is 14.0. The third-order valence-corrected chi connectivity index (χ3v) is 11.0. The molecule has 2 aromatic rings. The van der Waals surface area contributed by atoms with Crippen LogP contribution >= 0.6 is 0 Å². The highest BCUT2D eigenvalue weighted by Crippen LogP contribution is 2.50. The van der Waals surface area contributed by atoms with Crippen LogP contribution in [0.1, 0.15) is 96.6 Å². The van der Waals surface area contributed by atoms with Gasteiger partial charge in [-0.1, -0.05) is 26.0 Å². The van der Waals surface area contributed by atoms with E-state index in [-0.39, 0.29) is 23.4 Å². The first kappa shape index (κ1) is 31.1. The molecule has 1 aromatic carbocycles. The first-order valence-electron chi connectivity index (χ1n) is 16.2. The minimum absolute atomic E-state index is 0.0275. The Balaban J connectivity index is 1.34. The molecule has 4 heterocycles. The lowest BCUT2D eigenvalue weighted by atomic mass is 9.70. The molecular formula is C33H48BN5O5. The Bertz CT molecular complexity index is 1420. The van der Waals surface area contributed by atoms with E-state index in [0.717, 1.165) is 61.2 Å². The van der Waals surface area contributed by atoms with Crippen LogP contribution in [-0.4, -0.2) is 83.4 Å². The number of imidazole rings is 1. The number of aromatic nitrogens is 2. The Morgan fingerprint density at radius 2 is 1.84 bits per heavy atom. The van der Waals surface area contributed by atoms with Gasteiger partial charge in [-0.3, -0.25) is 9.69 Å². The third-order valence-electron chi connectivity index (χ3n) is 11.0. The van der Waals surface area contributed by atoms with Gasteiger partial charge in [-0.05, 0) is 102 Å². The van der Waals surface area contributed by atoms with Gasteiger partial charge in [0, 0.05) is 17.6 Å². The van der Waals surface area contributed by atoms with Crippen molar-refractivity contribution in [3.63, 3.8) is 0 Å². The molecule has 44 heavy (non-hydrogen) atoms. The van der Waals surface area contributed by atoms with Crippen molar-refractivity contribution in [1.29, 1.82) is 0 Å². The van der Waals surface area contributed by atoms with Crippen molar-refractivity contribution >= 4 is 24.6 Å². The fourth-order valence-electron chi connectivity index (χ4n) is 7.83. The summed E-state index contributed by atoms with van der Waals surface area (Å²) in [5.41, 5.74) is 5.08. The van der Waals surface area contributed by atoms with Crippen LogP contribution in [0.4, 0.5) is 4.79 Å². The zero-order valence-corrected chi connectivity index (χ0v) is 27.6. The Labute approximate surface area is 261 Å². The van der Waals surface area contributed by atoms with Crippen molar-refractivity contribution in [1.82, 2.24) is 25.1 Å². The highest BCUT2D eigenvalue weighted by molar-refractivity contribution is 6.62. The van der Waals surface area contributed by atoms with Crippen LogP contribution in [0.25, 0.3) is 11.3 Å². The number of rotatable bonds is 6. The number of carbonyl (C=O) groups is 2. The largest absolute Gasteiger partial charge is 0.495 e. The van der Waals surface area contributed by atoms with E-state index >= 15 is 0 Å². The fraction of sp³-hybridized carbons (Fsp3) is 0.667. The summed E-state index contributed by atoms with van der Waals surface area (Å²) in [6, 6.07) is 3.55. The zero-order chi connectivity index (χ0) is 31.6. The molecule has 1 spiro atoms. The number of methoxy groups -OCH3 is 1. The van der Waals surface area contributed by atoms with Gasteiger partial charge in [0.25, 0.3) is 0 Å². The average molecular weight is 606 g/mol. The van der Waals surface area contributed by atoms with Gasteiger partial charge >= 0.3 is 13.2 Å². The number of nitrogens with zero attached hydrogens (tertiary/aromatic N) is 3. The molecule has 0 bridgehead atoms. The molecule has 6 rings (SSSR count). The molecule has 3 atom stereocenters. The van der Waals surface area contributed by atoms with Gasteiger partial charge in [0.1, 0.15) is 11.9 Å². The number of nitrogens with one attached hydrogen (secondary N) is 2. The van der Waals surface area contributed by atoms with Gasteiger partial charge in [0.2, 0.25) is 5.91 Å². The molecule has 1 aromatic heterocycles. The second-order valence-corrected chi connectivity index (χ2v) is 14.4. The number of benzene rings is 1. The minimum atomic E-state index is -0.664. The smallest absolute Gasteiger partial charge is 0.453 e. The van der Waals surface area contributed by atoms with Gasteiger partial charge < -0.3 is 29.2 Å². The summed E-state index contributed by atoms with van der Waals surface area (Å²) in [6.07, 6.45) is 7.34. The second-order valence-electron chi connectivity index (χ2n) is 14.4. The van der Waals surface area contributed by atoms with E-state index in [9.17, 15) is 9.59 Å². The highest BCUT2D eigenvalue weighted by atomic mass is 16.7. The van der Waals surface area contributed by atoms with Gasteiger partial charge in [-0.25, -0.2) is 9.78 Å². The van der Waals surface area contributed by atoms with E-state index in [1.807, 2.05) is 24.9 Å². The Morgan fingerprint density at radius 1 is 1.11 bits per heavy atom. The van der Waals surface area contributed by atoms with Crippen LogP contribution < -0.4 is 10.8 Å². The number of hydrogen-bond acceptors (Lipinski definition) is 7. The number of ether oxygens (including phenoxy) is 1. The molecule has 2 N–H and O–H groups in total. The van der Waals surface area contributed by atoms with Crippen LogP contribution in [0, 0.1) is 5.92 Å². The van der Waals surface area contributed by atoms with Crippen LogP contribution in [0.15, 0.2) is 18.3 Å². The van der Waals surface area contributed by atoms with E-state index in [1.165, 1.54) is 24.7 Å². The van der Waals surface area contributed by atoms with Crippen molar-refractivity contribution in [2.45, 2.75) is 109 Å². The summed E-state index contributed by atoms with van der Waals surface area (Å²) < 4.78 is 18.0. The summed E-state index contributed by atoms with van der Waals surface area (Å²) in [4.78, 5) is 38.5. The molecule has 3 saturated heterocycles. The molecule has 0 saturated carbocycles. The van der Waals surface area contributed by atoms with Gasteiger partial charge in [-0.2, -0.15) is 0 Å². The fourth-order valence-corrected chi connectivity index (χ4v) is 7.83. The molecule has 1 aliphatic carbocycles. The summed E-state index contributed by atoms with van der Waals surface area (Å²) in [5, 5.41) is 2.73. The zero-order valence-electron chi connectivity index (χ0n) is 27.6. The number of carbonyl (C=O) groups excluding carboxylic acids is 2. The van der Waals surface area contributed by atoms with E-state index in [2.05, 4.69) is 62.1 Å². The lowest BCUT2D eigenvalue weighted by Crippen LogP contribution is -2.51. The SMILES string of the molecule is COC(=O)N[C@H](C(=O)N1CCC[C@H]1c1ncc(-c2ccc(B3OC(C)(C)C(C)(C)O3)c3c2CCC32CCCN2C)[nH]1)C(C)C. The molecule has 0 radical (unpaired) electrons. The van der Waals surface area contributed by atoms with Gasteiger partial charge in [-0.15, -0.1) is 0 Å². The van der Waals surface area contributed by atoms with E-state index in [0.29, 0.717) is 6.54 Å². The van der Waals surface area contributed by atoms with Crippen molar-refractivity contribution in [3.05, 3.63) is 35.3 Å². The number of fused-ring (bicyclic) bond motifs is 2. The summed E-state index contributed by atoms with van der Waals surface area (Å²) in [5.74, 6) is 0.590. The number of hydrogen-bond donors (Lipinski definition) is 2. The van der Waals surface area contributed by atoms with Crippen LogP contribution in [0.3, 0.4) is 0 Å². The summed E-state index contributed by atoms with van der Waals surface area (Å²) >= 11 is 0. The van der Waals surface area contributed by atoms with Gasteiger partial charge in [0.15, 0.2) is 0 Å². The number of amides is 2. The number of H-pyrrole nitrogens is 1. The first-order chi connectivity index (χ1) is 20.8. The molecular weight excluding hydrogens is 557 g/mol. The van der Waals surface area contributed by atoms with E-state index < -0.39 is 30.5 Å². The lowest BCUT2D eigenvalue weighted by Gasteiger charge is -2.35. The van der Waals surface area contributed by atoms with Crippen molar-refractivity contribution in [2.75, 3.05) is 27.2 Å². The summed E-state index contributed by atoms with van der Waals surface area (Å²) in [7, 11) is 3.14. The highest BCUT2D eigenvalue weighted by Gasteiger charge is 2.55. The number of alkyl carbamates (subject to hydrolysis) is 1. The maximum absolute atomic E-state index is 13.7. The molecule has 2 amide bonds. The molecule has 4 aliphatic rings. The number of aromatic amines is 1. The molecule has 11 heteroatoms. The van der Waals surface area contributed by atoms with Crippen LogP contribution in [-0.2, 0) is 30.8 Å². The normalized spacial score (nSPS) is 26.5. The van der Waals surface area contributed by atoms with E-state index in [4.69, 9.17) is 19.0 Å². The molecule has 10 nitrogen and oxygen atoms in total. The van der Waals surface area contributed by atoms with E-state index in [1.54, 1.807) is 0 Å². The van der Waals surface area contributed by atoms with Crippen molar-refractivity contribution in [3.8, 4) is 11.3 Å². The standard InChI is InChI=1S/C33H48BN5O5/c1-20(2)27(37-30(41)42-8)29(40)39-18-9-11-25(39)28-35-19-24(36-28)21-12-13-23(34-43-31(3,4)32(5,6)44-34)26-22(21)14-16-33(26)15-10-17-38(33)7/h12-13,19-20,25,27H,9-11,14-18H2,1-8H3,(H,35,36)(H,37,41)/t25-,27-,33?/m0/s1. The van der Waals surface area contributed by atoms with Crippen LogP contribution in [0.2, 0.25) is 0 Å². The third kappa shape index (κ3) is 4.95. The maximum Gasteiger partial charge on any atom is 0.495 e. The maximum atomic E-state index is 13.7. The predicted octanol–water partition coefficient (Wildman–Crippen LogP) is 4.29. The average Bonchev–Trinajstić information content (AvgIpc) is 3.79. The van der Waals surface area contributed by atoms with Crippen molar-refractivity contribution in [2.24, 2.45) is 5.92 Å². The monoisotopic (exact) mass is 605 g/mol. The van der Waals surface area contributed by atoms with Gasteiger partial charge in [0.05, 0.1) is 36.2 Å². The minimum Gasteiger partial charge on any atom is -0.453 e. The number of likely N-dealkylation sites (tertiary alicyclic amines) is 2. The first-order valence-corrected chi connectivity index (χ1v) is 16.2. The molecule has 3 aliphatic heterocycles. The molecule has 1 unspecified atom stereocenters. The molecule has 3 fully saturated rings. The van der Waals surface area contributed by atoms with Crippen LogP contribution in [0.5, 0.6) is 0 Å². The molecule has 238 valence electrons. The topological polar surface area (TPSA) is 109 Å².